The van der Waals surface area contributed by atoms with Crippen molar-refractivity contribution < 1.29 is 24.2 Å². The van der Waals surface area contributed by atoms with Crippen LogP contribution < -0.4 is 15.5 Å². The van der Waals surface area contributed by atoms with Gasteiger partial charge in [0, 0.05) is 18.4 Å². The number of nitrogens with two attached hydrogens (primary N) is 1. The average Bonchev–Trinajstić information content (AvgIpc) is 3.35. The Kier molecular flexibility index (Phi) is 7.99. The fourth-order valence-electron chi connectivity index (χ4n) is 2.84. The summed E-state index contributed by atoms with van der Waals surface area (Å²) in [5.41, 5.74) is 9.29. The Morgan fingerprint density at radius 3 is 2.71 bits per heavy atom. The third kappa shape index (κ3) is 6.05. The van der Waals surface area contributed by atoms with Gasteiger partial charge < -0.3 is 20.3 Å². The number of aliphatic hydroxyl groups excluding tert-OH is 1. The number of rotatable bonds is 10. The van der Waals surface area contributed by atoms with Crippen molar-refractivity contribution in [1.29, 1.82) is 0 Å². The Morgan fingerprint density at radius 2 is 2.03 bits per heavy atom. The number of amides is 1. The molecule has 3 rings (SSSR count). The van der Waals surface area contributed by atoms with E-state index in [4.69, 9.17) is 25.2 Å². The monoisotopic (exact) mass is 426 g/mol. The molecule has 0 radical (unpaired) electrons. The molecule has 1 aromatic heterocycles. The highest BCUT2D eigenvalue weighted by molar-refractivity contribution is 5.85. The second kappa shape index (κ2) is 11.1. The van der Waals surface area contributed by atoms with Gasteiger partial charge >= 0.3 is 6.09 Å². The fraction of sp³-hybridized carbons (Fsp3) is 0.273. The summed E-state index contributed by atoms with van der Waals surface area (Å²) in [6.07, 6.45) is 3.16. The molecule has 164 valence electrons. The summed E-state index contributed by atoms with van der Waals surface area (Å²) in [6.45, 7) is 0.0546. The summed E-state index contributed by atoms with van der Waals surface area (Å²) in [7, 11) is 1.57. The van der Waals surface area contributed by atoms with Gasteiger partial charge in [-0.25, -0.2) is 4.79 Å². The summed E-state index contributed by atoms with van der Waals surface area (Å²) >= 11 is 0. The zero-order valence-electron chi connectivity index (χ0n) is 17.2. The first-order valence-electron chi connectivity index (χ1n) is 9.81. The lowest BCUT2D eigenvalue weighted by Gasteiger charge is -2.22. The molecule has 3 aromatic rings. The van der Waals surface area contributed by atoms with E-state index >= 15 is 0 Å². The molecule has 9 nitrogen and oxygen atoms in total. The Bertz CT molecular complexity index is 947. The quantitative estimate of drug-likeness (QED) is 0.336. The van der Waals surface area contributed by atoms with E-state index in [1.807, 2.05) is 30.3 Å². The smallest absolute Gasteiger partial charge is 0.438 e. The fourth-order valence-corrected chi connectivity index (χ4v) is 2.84. The normalized spacial score (nSPS) is 11.7. The third-order valence-electron chi connectivity index (χ3n) is 4.53. The molecular formula is C22H26N4O5. The van der Waals surface area contributed by atoms with Crippen LogP contribution in [0.25, 0.3) is 11.1 Å². The lowest BCUT2D eigenvalue weighted by Crippen LogP contribution is -2.34. The number of hydrogen-bond donors (Lipinski definition) is 3. The molecule has 1 unspecified atom stereocenters. The number of aromatic amines is 1. The predicted molar refractivity (Wildman–Crippen MR) is 115 cm³/mol. The van der Waals surface area contributed by atoms with Crippen LogP contribution in [-0.4, -0.2) is 48.3 Å². The third-order valence-corrected chi connectivity index (χ3v) is 4.53. The van der Waals surface area contributed by atoms with E-state index in [1.165, 1.54) is 0 Å². The molecule has 9 heteroatoms. The number of benzene rings is 2. The maximum Gasteiger partial charge on any atom is 0.438 e. The van der Waals surface area contributed by atoms with Crippen LogP contribution in [0.2, 0.25) is 0 Å². The number of aromatic nitrogens is 2. The molecule has 1 amide bonds. The Morgan fingerprint density at radius 1 is 1.23 bits per heavy atom. The predicted octanol–water partition coefficient (Wildman–Crippen LogP) is 3.04. The molecule has 0 aliphatic heterocycles. The number of aliphatic hydroxyl groups is 1. The average molecular weight is 426 g/mol. The lowest BCUT2D eigenvalue weighted by atomic mass is 10.1. The molecule has 0 aliphatic carbocycles. The number of nitrogens with zero attached hydrogens (tertiary/aromatic N) is 2. The number of nitrogens with one attached hydrogen (secondary N) is 1. The molecule has 4 N–H and O–H groups in total. The van der Waals surface area contributed by atoms with Gasteiger partial charge in [-0.15, -0.1) is 0 Å². The highest BCUT2D eigenvalue weighted by atomic mass is 16.7. The molecule has 0 aliphatic rings. The van der Waals surface area contributed by atoms with Gasteiger partial charge in [0.05, 0.1) is 31.6 Å². The van der Waals surface area contributed by atoms with E-state index in [0.717, 1.165) is 21.8 Å². The molecule has 0 saturated carbocycles. The van der Waals surface area contributed by atoms with E-state index in [0.29, 0.717) is 17.9 Å². The number of carbonyl (C=O) groups excluding carboxylic acids is 1. The summed E-state index contributed by atoms with van der Waals surface area (Å²) < 4.78 is 10.6. The van der Waals surface area contributed by atoms with Crippen molar-refractivity contribution in [2.75, 3.05) is 32.0 Å². The van der Waals surface area contributed by atoms with E-state index in [-0.39, 0.29) is 19.8 Å². The van der Waals surface area contributed by atoms with Gasteiger partial charge in [0.2, 0.25) is 0 Å². The van der Waals surface area contributed by atoms with Gasteiger partial charge in [-0.05, 0) is 41.8 Å². The number of carbonyl (C=O) groups is 1. The number of hydroxylamine groups is 1. The first-order chi connectivity index (χ1) is 15.1. The number of methoxy groups -OCH3 is 1. The first-order valence-corrected chi connectivity index (χ1v) is 9.81. The maximum absolute atomic E-state index is 12.7. The van der Waals surface area contributed by atoms with E-state index in [1.54, 1.807) is 37.7 Å². The summed E-state index contributed by atoms with van der Waals surface area (Å²) in [4.78, 5) is 18.3. The van der Waals surface area contributed by atoms with Crippen molar-refractivity contribution in [3.63, 3.8) is 0 Å². The van der Waals surface area contributed by atoms with Crippen LogP contribution in [0.4, 0.5) is 10.5 Å². The highest BCUT2D eigenvalue weighted by Gasteiger charge is 2.20. The second-order valence-corrected chi connectivity index (χ2v) is 6.70. The molecule has 31 heavy (non-hydrogen) atoms. The number of hydrogen-bond acceptors (Lipinski definition) is 7. The van der Waals surface area contributed by atoms with Crippen LogP contribution in [0.1, 0.15) is 18.0 Å². The van der Waals surface area contributed by atoms with Crippen molar-refractivity contribution in [3.8, 4) is 16.9 Å². The largest absolute Gasteiger partial charge is 0.497 e. The van der Waals surface area contributed by atoms with E-state index < -0.39 is 12.1 Å². The molecule has 0 saturated heterocycles. The lowest BCUT2D eigenvalue weighted by molar-refractivity contribution is 0.0655. The zero-order chi connectivity index (χ0) is 22.1. The van der Waals surface area contributed by atoms with Crippen molar-refractivity contribution in [3.05, 3.63) is 66.5 Å². The van der Waals surface area contributed by atoms with Crippen molar-refractivity contribution in [1.82, 2.24) is 10.2 Å². The summed E-state index contributed by atoms with van der Waals surface area (Å²) in [5.74, 6) is 0.672. The van der Waals surface area contributed by atoms with Crippen molar-refractivity contribution in [2.24, 2.45) is 5.73 Å². The van der Waals surface area contributed by atoms with Crippen molar-refractivity contribution in [2.45, 2.75) is 12.5 Å². The standard InChI is InChI=1S/C22H26N4O5/c1-29-20-5-2-4-17(12-20)21(23)15-30-22(28)26(31-11-3-10-27)19-8-6-16(7-9-19)18-13-24-25-14-18/h2,4-9,12-14,21,27H,3,10-11,15,23H2,1H3,(H,24,25). The van der Waals surface area contributed by atoms with Gasteiger partial charge in [-0.2, -0.15) is 10.2 Å². The van der Waals surface area contributed by atoms with Crippen molar-refractivity contribution >= 4 is 11.8 Å². The summed E-state index contributed by atoms with van der Waals surface area (Å²) in [6, 6.07) is 13.9. The Hall–Kier alpha value is -3.40. The van der Waals surface area contributed by atoms with Crippen LogP contribution in [0, 0.1) is 0 Å². The molecule has 0 spiro atoms. The van der Waals surface area contributed by atoms with Crippen LogP contribution in [0.3, 0.4) is 0 Å². The van der Waals surface area contributed by atoms with Gasteiger partial charge in [0.1, 0.15) is 12.4 Å². The van der Waals surface area contributed by atoms with Gasteiger partial charge in [0.15, 0.2) is 0 Å². The minimum Gasteiger partial charge on any atom is -0.497 e. The molecule has 1 atom stereocenters. The van der Waals surface area contributed by atoms with Gasteiger partial charge in [0.25, 0.3) is 0 Å². The van der Waals surface area contributed by atoms with E-state index in [9.17, 15) is 4.79 Å². The molecule has 0 bridgehead atoms. The molecular weight excluding hydrogens is 400 g/mol. The highest BCUT2D eigenvalue weighted by Crippen LogP contribution is 2.24. The minimum absolute atomic E-state index is 0.0427. The second-order valence-electron chi connectivity index (χ2n) is 6.70. The molecule has 2 aromatic carbocycles. The first kappa shape index (κ1) is 22.3. The van der Waals surface area contributed by atoms with Crippen LogP contribution >= 0.6 is 0 Å². The maximum atomic E-state index is 12.7. The Balaban J connectivity index is 1.68. The zero-order valence-corrected chi connectivity index (χ0v) is 17.2. The molecule has 0 fully saturated rings. The number of anilines is 1. The Labute approximate surface area is 180 Å². The van der Waals surface area contributed by atoms with Crippen LogP contribution in [-0.2, 0) is 9.57 Å². The van der Waals surface area contributed by atoms with Gasteiger partial charge in [-0.1, -0.05) is 24.3 Å². The minimum atomic E-state index is -0.702. The SMILES string of the molecule is COc1cccc(C(N)COC(=O)N(OCCCO)c2ccc(-c3cn[nH]c3)cc2)c1. The number of H-pyrrole nitrogens is 1. The van der Waals surface area contributed by atoms with Gasteiger partial charge in [-0.3, -0.25) is 9.94 Å². The summed E-state index contributed by atoms with van der Waals surface area (Å²) in [5, 5.41) is 16.8. The van der Waals surface area contributed by atoms with Crippen LogP contribution in [0.15, 0.2) is 60.9 Å². The number of ether oxygens (including phenoxy) is 2. The topological polar surface area (TPSA) is 123 Å². The van der Waals surface area contributed by atoms with Crippen LogP contribution in [0.5, 0.6) is 5.75 Å². The van der Waals surface area contributed by atoms with E-state index in [2.05, 4.69) is 10.2 Å². The molecule has 1 heterocycles.